The van der Waals surface area contributed by atoms with Gasteiger partial charge in [-0.15, -0.1) is 11.3 Å². The number of aromatic nitrogens is 1. The number of nitrogens with zero attached hydrogens (tertiary/aromatic N) is 2. The van der Waals surface area contributed by atoms with E-state index in [1.807, 2.05) is 53.2 Å². The maximum atomic E-state index is 14.9. The lowest BCUT2D eigenvalue weighted by molar-refractivity contribution is 0.0683. The Morgan fingerprint density at radius 3 is 2.45 bits per heavy atom. The van der Waals surface area contributed by atoms with E-state index in [1.165, 1.54) is 18.4 Å². The molecule has 1 saturated heterocycles. The molecule has 0 spiro atoms. The van der Waals surface area contributed by atoms with E-state index in [-0.39, 0.29) is 16.5 Å². The molecule has 0 amide bonds. The fraction of sp³-hybridized carbons (Fsp3) is 0.438. The van der Waals surface area contributed by atoms with E-state index in [1.54, 1.807) is 6.20 Å². The third-order valence-electron chi connectivity index (χ3n) is 8.74. The first kappa shape index (κ1) is 29.1. The van der Waals surface area contributed by atoms with Crippen LogP contribution < -0.4 is 4.67 Å². The number of pyridine rings is 1. The summed E-state index contributed by atoms with van der Waals surface area (Å²) < 4.78 is 34.3. The quantitative estimate of drug-likeness (QED) is 0.189. The third kappa shape index (κ3) is 5.80. The molecule has 10 heteroatoms. The Morgan fingerprint density at radius 1 is 1.07 bits per heavy atom. The Bertz CT molecular complexity index is 1550. The highest BCUT2D eigenvalue weighted by Gasteiger charge is 2.44. The predicted molar refractivity (Wildman–Crippen MR) is 167 cm³/mol. The van der Waals surface area contributed by atoms with Crippen LogP contribution in [0.5, 0.6) is 0 Å². The Balaban J connectivity index is 1.36. The Morgan fingerprint density at radius 2 is 1.79 bits per heavy atom. The Labute approximate surface area is 250 Å². The normalized spacial score (nSPS) is 21.3. The molecule has 1 atom stereocenters. The maximum Gasteiger partial charge on any atom is 0.348 e. The number of ether oxygens (including phenoxy) is 1. The number of anilines is 1. The standard InChI is InChI=1S/C32H37N2O6PS/c1-21-5-11-25(12-6-21)41(37,38-2)34(20-22-13-16-39-17-14-22)27-19-30(42-31(27)32(35)36)24-9-7-23(8-10-24)29-18-26-28(40-29)4-3-15-33-26/h3-4,7-10,15,18-19,21-22,25H,5-6,11-14,16-17,20H2,1-2H3,(H,35,36). The van der Waals surface area contributed by atoms with Crippen LogP contribution in [0.3, 0.4) is 0 Å². The SMILES string of the molecule is COP(=O)(C1CCC(C)CC1)N(CC1CCOCC1)c1cc(-c2ccc(-c3cc4ncccc4o3)cc2)sc1C(=O)O. The number of aromatic carboxylic acids is 1. The van der Waals surface area contributed by atoms with Gasteiger partial charge in [0.2, 0.25) is 0 Å². The lowest BCUT2D eigenvalue weighted by atomic mass is 9.91. The molecule has 2 aliphatic rings. The molecule has 1 saturated carbocycles. The minimum atomic E-state index is -3.39. The van der Waals surface area contributed by atoms with Gasteiger partial charge in [0.15, 0.2) is 5.58 Å². The Kier molecular flexibility index (Phi) is 8.55. The molecule has 0 bridgehead atoms. The molecule has 2 fully saturated rings. The van der Waals surface area contributed by atoms with E-state index < -0.39 is 13.5 Å². The number of carboxylic acids is 1. The molecule has 1 N–H and O–H groups in total. The number of carboxylic acid groups (broad SMARTS) is 1. The van der Waals surface area contributed by atoms with E-state index in [4.69, 9.17) is 13.7 Å². The van der Waals surface area contributed by atoms with Crippen molar-refractivity contribution >= 4 is 41.6 Å². The molecule has 42 heavy (non-hydrogen) atoms. The summed E-state index contributed by atoms with van der Waals surface area (Å²) in [5, 5.41) is 10.3. The van der Waals surface area contributed by atoms with E-state index in [2.05, 4.69) is 11.9 Å². The molecule has 0 radical (unpaired) electrons. The average Bonchev–Trinajstić information content (AvgIpc) is 3.66. The summed E-state index contributed by atoms with van der Waals surface area (Å²) in [4.78, 5) is 18.0. The third-order valence-corrected chi connectivity index (χ3v) is 12.9. The zero-order chi connectivity index (χ0) is 29.3. The van der Waals surface area contributed by atoms with Crippen LogP contribution in [0.1, 0.15) is 55.1 Å². The maximum absolute atomic E-state index is 14.9. The van der Waals surface area contributed by atoms with Crippen molar-refractivity contribution in [2.24, 2.45) is 11.8 Å². The van der Waals surface area contributed by atoms with Crippen molar-refractivity contribution in [1.29, 1.82) is 0 Å². The summed E-state index contributed by atoms with van der Waals surface area (Å²) >= 11 is 1.21. The second kappa shape index (κ2) is 12.3. The van der Waals surface area contributed by atoms with Crippen LogP contribution in [0, 0.1) is 11.8 Å². The molecule has 4 aromatic rings. The summed E-state index contributed by atoms with van der Waals surface area (Å²) in [6.45, 7) is 4.03. The van der Waals surface area contributed by atoms with Crippen molar-refractivity contribution in [1.82, 2.24) is 4.98 Å². The van der Waals surface area contributed by atoms with Gasteiger partial charge in [-0.1, -0.05) is 31.2 Å². The van der Waals surface area contributed by atoms with E-state index in [9.17, 15) is 14.5 Å². The molecule has 3 aromatic heterocycles. The zero-order valence-electron chi connectivity index (χ0n) is 24.0. The van der Waals surface area contributed by atoms with Crippen LogP contribution >= 0.6 is 18.9 Å². The van der Waals surface area contributed by atoms with Crippen molar-refractivity contribution in [3.8, 4) is 21.8 Å². The van der Waals surface area contributed by atoms with Crippen molar-refractivity contribution in [2.75, 3.05) is 31.5 Å². The monoisotopic (exact) mass is 608 g/mol. The topological polar surface area (TPSA) is 102 Å². The first-order valence-electron chi connectivity index (χ1n) is 14.7. The number of thiophene rings is 1. The number of carbonyl (C=O) groups is 1. The van der Waals surface area contributed by atoms with Crippen LogP contribution in [-0.2, 0) is 13.8 Å². The highest BCUT2D eigenvalue weighted by Crippen LogP contribution is 2.62. The number of hydrogen-bond donors (Lipinski definition) is 1. The lowest BCUT2D eigenvalue weighted by Gasteiger charge is -2.41. The Hall–Kier alpha value is -2.97. The second-order valence-electron chi connectivity index (χ2n) is 11.5. The van der Waals surface area contributed by atoms with Crippen LogP contribution in [-0.4, -0.2) is 48.6 Å². The lowest BCUT2D eigenvalue weighted by Crippen LogP contribution is -2.35. The second-order valence-corrected chi connectivity index (χ2v) is 15.3. The largest absolute Gasteiger partial charge is 0.477 e. The van der Waals surface area contributed by atoms with Crippen molar-refractivity contribution in [2.45, 2.75) is 51.1 Å². The zero-order valence-corrected chi connectivity index (χ0v) is 25.7. The highest BCUT2D eigenvalue weighted by atomic mass is 32.1. The van der Waals surface area contributed by atoms with Gasteiger partial charge in [0.05, 0.1) is 11.3 Å². The minimum Gasteiger partial charge on any atom is -0.477 e. The van der Waals surface area contributed by atoms with E-state index in [0.29, 0.717) is 31.4 Å². The van der Waals surface area contributed by atoms with E-state index >= 15 is 0 Å². The molecule has 222 valence electrons. The summed E-state index contributed by atoms with van der Waals surface area (Å²) in [5.74, 6) is 0.535. The number of benzene rings is 1. The van der Waals surface area contributed by atoms with Crippen LogP contribution in [0.15, 0.2) is 59.1 Å². The van der Waals surface area contributed by atoms with Gasteiger partial charge in [0.25, 0.3) is 7.52 Å². The molecule has 1 aliphatic carbocycles. The fourth-order valence-electron chi connectivity index (χ4n) is 6.23. The average molecular weight is 609 g/mol. The summed E-state index contributed by atoms with van der Waals surface area (Å²) in [7, 11) is -1.87. The van der Waals surface area contributed by atoms with Gasteiger partial charge in [-0.05, 0) is 74.1 Å². The smallest absolute Gasteiger partial charge is 0.348 e. The first-order valence-corrected chi connectivity index (χ1v) is 17.2. The van der Waals surface area contributed by atoms with Gasteiger partial charge in [-0.2, -0.15) is 0 Å². The van der Waals surface area contributed by atoms with E-state index in [0.717, 1.165) is 71.4 Å². The summed E-state index contributed by atoms with van der Waals surface area (Å²) in [6.07, 6.45) is 7.06. The molecule has 8 nitrogen and oxygen atoms in total. The molecular weight excluding hydrogens is 571 g/mol. The van der Waals surface area contributed by atoms with Crippen molar-refractivity contribution in [3.05, 3.63) is 59.6 Å². The molecule has 1 unspecified atom stereocenters. The number of rotatable bonds is 9. The van der Waals surface area contributed by atoms with Crippen molar-refractivity contribution < 1.29 is 28.1 Å². The number of fused-ring (bicyclic) bond motifs is 1. The van der Waals surface area contributed by atoms with Crippen molar-refractivity contribution in [3.63, 3.8) is 0 Å². The summed E-state index contributed by atoms with van der Waals surface area (Å²) in [5.41, 5.74) is 3.68. The minimum absolute atomic E-state index is 0.124. The van der Waals surface area contributed by atoms with Gasteiger partial charge in [0.1, 0.15) is 16.2 Å². The molecule has 6 rings (SSSR count). The van der Waals surface area contributed by atoms with Crippen LogP contribution in [0.25, 0.3) is 32.9 Å². The predicted octanol–water partition coefficient (Wildman–Crippen LogP) is 8.57. The van der Waals surface area contributed by atoms with Crippen LogP contribution in [0.4, 0.5) is 5.69 Å². The van der Waals surface area contributed by atoms with Gasteiger partial charge in [0, 0.05) is 49.6 Å². The van der Waals surface area contributed by atoms with Crippen LogP contribution in [0.2, 0.25) is 0 Å². The van der Waals surface area contributed by atoms with Gasteiger partial charge >= 0.3 is 5.97 Å². The molecule has 4 heterocycles. The fourth-order valence-corrected chi connectivity index (χ4v) is 10.1. The first-order chi connectivity index (χ1) is 20.4. The number of hydrogen-bond acceptors (Lipinski definition) is 7. The molecular formula is C32H37N2O6PS. The summed E-state index contributed by atoms with van der Waals surface area (Å²) in [6, 6.07) is 15.4. The molecule has 1 aliphatic heterocycles. The van der Waals surface area contributed by atoms with Gasteiger partial charge in [-0.3, -0.25) is 14.2 Å². The number of furan rings is 1. The highest BCUT2D eigenvalue weighted by molar-refractivity contribution is 7.61. The van der Waals surface area contributed by atoms with Gasteiger partial charge in [-0.25, -0.2) is 4.79 Å². The van der Waals surface area contributed by atoms with Gasteiger partial charge < -0.3 is 18.8 Å². The molecule has 1 aromatic carbocycles.